The molecule has 1 heterocycles. The van der Waals surface area contributed by atoms with Crippen LogP contribution < -0.4 is 5.32 Å². The van der Waals surface area contributed by atoms with E-state index in [0.29, 0.717) is 10.0 Å². The van der Waals surface area contributed by atoms with Crippen molar-refractivity contribution in [3.8, 4) is 0 Å². The highest BCUT2D eigenvalue weighted by atomic mass is 35.5. The lowest BCUT2D eigenvalue weighted by molar-refractivity contribution is 0.499. The van der Waals surface area contributed by atoms with Gasteiger partial charge in [0.1, 0.15) is 12.2 Å². The Bertz CT molecular complexity index is 583. The van der Waals surface area contributed by atoms with Gasteiger partial charge in [-0.05, 0) is 30.7 Å². The van der Waals surface area contributed by atoms with E-state index in [1.165, 1.54) is 0 Å². The second-order valence-corrected chi connectivity index (χ2v) is 5.72. The zero-order chi connectivity index (χ0) is 15.2. The molecule has 1 N–H and O–H groups in total. The number of benzene rings is 1. The van der Waals surface area contributed by atoms with Crippen molar-refractivity contribution in [3.05, 3.63) is 46.0 Å². The summed E-state index contributed by atoms with van der Waals surface area (Å²) in [5.74, 6) is 0.966. The summed E-state index contributed by atoms with van der Waals surface area (Å²) in [6.45, 7) is 5.94. The van der Waals surface area contributed by atoms with Crippen LogP contribution in [0.5, 0.6) is 0 Å². The van der Waals surface area contributed by atoms with E-state index in [0.717, 1.165) is 37.3 Å². The quantitative estimate of drug-likeness (QED) is 0.839. The average Bonchev–Trinajstić information content (AvgIpc) is 2.86. The van der Waals surface area contributed by atoms with E-state index in [9.17, 15) is 0 Å². The van der Waals surface area contributed by atoms with Gasteiger partial charge >= 0.3 is 0 Å². The Morgan fingerprint density at radius 1 is 1.29 bits per heavy atom. The number of hydrogen-bond donors (Lipinski definition) is 1. The summed E-state index contributed by atoms with van der Waals surface area (Å²) in [6, 6.07) is 5.71. The third kappa shape index (κ3) is 4.19. The van der Waals surface area contributed by atoms with Gasteiger partial charge in [-0.15, -0.1) is 0 Å². The van der Waals surface area contributed by atoms with Crippen LogP contribution in [0.3, 0.4) is 0 Å². The minimum absolute atomic E-state index is 0.0968. The third-order valence-corrected chi connectivity index (χ3v) is 3.87. The zero-order valence-electron chi connectivity index (χ0n) is 12.3. The van der Waals surface area contributed by atoms with Gasteiger partial charge in [0.2, 0.25) is 0 Å². The topological polar surface area (TPSA) is 42.7 Å². The van der Waals surface area contributed by atoms with Crippen LogP contribution >= 0.6 is 23.2 Å². The summed E-state index contributed by atoms with van der Waals surface area (Å²) in [5, 5.41) is 9.05. The molecule has 1 unspecified atom stereocenters. The fraction of sp³-hybridized carbons (Fsp3) is 0.467. The molecule has 4 nitrogen and oxygen atoms in total. The minimum atomic E-state index is 0.0968. The van der Waals surface area contributed by atoms with Crippen LogP contribution in [0.2, 0.25) is 10.0 Å². The highest BCUT2D eigenvalue weighted by Crippen LogP contribution is 2.28. The second kappa shape index (κ2) is 7.78. The molecule has 2 rings (SSSR count). The molecule has 0 aliphatic heterocycles. The Hall–Kier alpha value is -1.10. The summed E-state index contributed by atoms with van der Waals surface area (Å²) < 4.78 is 1.95. The average molecular weight is 327 g/mol. The molecule has 0 bridgehead atoms. The highest BCUT2D eigenvalue weighted by molar-refractivity contribution is 6.35. The van der Waals surface area contributed by atoms with Crippen molar-refractivity contribution in [3.63, 3.8) is 0 Å². The first-order chi connectivity index (χ1) is 10.2. The number of aromatic nitrogens is 3. The molecule has 0 amide bonds. The molecule has 0 spiro atoms. The van der Waals surface area contributed by atoms with Crippen molar-refractivity contribution in [2.45, 2.75) is 39.3 Å². The summed E-state index contributed by atoms with van der Waals surface area (Å²) >= 11 is 12.3. The molecule has 0 saturated heterocycles. The Morgan fingerprint density at radius 2 is 2.10 bits per heavy atom. The lowest BCUT2D eigenvalue weighted by Crippen LogP contribution is -2.25. The van der Waals surface area contributed by atoms with Crippen molar-refractivity contribution in [1.82, 2.24) is 20.1 Å². The van der Waals surface area contributed by atoms with E-state index in [1.54, 1.807) is 12.4 Å². The number of nitrogens with zero attached hydrogens (tertiary/aromatic N) is 3. The normalized spacial score (nSPS) is 12.6. The van der Waals surface area contributed by atoms with Gasteiger partial charge in [-0.3, -0.25) is 4.68 Å². The molecule has 0 aliphatic carbocycles. The van der Waals surface area contributed by atoms with E-state index < -0.39 is 0 Å². The largest absolute Gasteiger partial charge is 0.310 e. The lowest BCUT2D eigenvalue weighted by Gasteiger charge is -2.19. The van der Waals surface area contributed by atoms with Gasteiger partial charge in [0.25, 0.3) is 0 Å². The SMILES string of the molecule is CCCn1ncnc1CC(NCC)c1ccc(Cl)cc1Cl. The summed E-state index contributed by atoms with van der Waals surface area (Å²) in [6.07, 6.45) is 3.39. The fourth-order valence-corrected chi connectivity index (χ4v) is 2.89. The van der Waals surface area contributed by atoms with Crippen LogP contribution in [-0.2, 0) is 13.0 Å². The van der Waals surface area contributed by atoms with Crippen molar-refractivity contribution in [2.75, 3.05) is 6.54 Å². The maximum absolute atomic E-state index is 6.33. The van der Waals surface area contributed by atoms with Crippen LogP contribution in [0.25, 0.3) is 0 Å². The number of aryl methyl sites for hydroxylation is 1. The maximum atomic E-state index is 6.33. The predicted molar refractivity (Wildman–Crippen MR) is 86.9 cm³/mol. The van der Waals surface area contributed by atoms with Gasteiger partial charge in [0.05, 0.1) is 0 Å². The van der Waals surface area contributed by atoms with Gasteiger partial charge in [-0.2, -0.15) is 5.10 Å². The van der Waals surface area contributed by atoms with Crippen LogP contribution in [0, 0.1) is 0 Å². The van der Waals surface area contributed by atoms with E-state index in [4.69, 9.17) is 23.2 Å². The molecule has 0 saturated carbocycles. The number of nitrogens with one attached hydrogen (secondary N) is 1. The van der Waals surface area contributed by atoms with Crippen LogP contribution in [0.4, 0.5) is 0 Å². The molecule has 21 heavy (non-hydrogen) atoms. The monoisotopic (exact) mass is 326 g/mol. The zero-order valence-corrected chi connectivity index (χ0v) is 13.8. The van der Waals surface area contributed by atoms with Crippen molar-refractivity contribution >= 4 is 23.2 Å². The molecule has 114 valence electrons. The lowest BCUT2D eigenvalue weighted by atomic mass is 10.0. The number of likely N-dealkylation sites (N-methyl/N-ethyl adjacent to an activating group) is 1. The van der Waals surface area contributed by atoms with Crippen LogP contribution in [-0.4, -0.2) is 21.3 Å². The van der Waals surface area contributed by atoms with Crippen molar-refractivity contribution < 1.29 is 0 Å². The first kappa shape index (κ1) is 16.3. The summed E-state index contributed by atoms with van der Waals surface area (Å²) in [5.41, 5.74) is 1.04. The van der Waals surface area contributed by atoms with Gasteiger partial charge in [0.15, 0.2) is 0 Å². The van der Waals surface area contributed by atoms with E-state index >= 15 is 0 Å². The minimum Gasteiger partial charge on any atom is -0.310 e. The molecule has 1 atom stereocenters. The van der Waals surface area contributed by atoms with Crippen LogP contribution in [0.15, 0.2) is 24.5 Å². The van der Waals surface area contributed by atoms with Crippen molar-refractivity contribution in [1.29, 1.82) is 0 Å². The molecular formula is C15H20Cl2N4. The summed E-state index contributed by atoms with van der Waals surface area (Å²) in [4.78, 5) is 4.37. The highest BCUT2D eigenvalue weighted by Gasteiger charge is 2.17. The first-order valence-corrected chi connectivity index (χ1v) is 7.96. The Morgan fingerprint density at radius 3 is 2.76 bits per heavy atom. The molecule has 0 aliphatic rings. The molecule has 1 aromatic heterocycles. The molecule has 2 aromatic rings. The second-order valence-electron chi connectivity index (χ2n) is 4.88. The van der Waals surface area contributed by atoms with E-state index in [2.05, 4.69) is 29.2 Å². The fourth-order valence-electron chi connectivity index (χ4n) is 2.35. The standard InChI is InChI=1S/C15H20Cl2N4/c1-3-7-21-15(19-10-20-21)9-14(18-4-2)12-6-5-11(16)8-13(12)17/h5-6,8,10,14,18H,3-4,7,9H2,1-2H3. The van der Waals surface area contributed by atoms with E-state index in [1.807, 2.05) is 16.8 Å². The van der Waals surface area contributed by atoms with Gasteiger partial charge in [0, 0.05) is 29.1 Å². The number of hydrogen-bond acceptors (Lipinski definition) is 3. The van der Waals surface area contributed by atoms with Gasteiger partial charge < -0.3 is 5.32 Å². The first-order valence-electron chi connectivity index (χ1n) is 7.20. The van der Waals surface area contributed by atoms with E-state index in [-0.39, 0.29) is 6.04 Å². The maximum Gasteiger partial charge on any atom is 0.138 e. The Balaban J connectivity index is 2.24. The molecule has 0 radical (unpaired) electrons. The number of rotatable bonds is 7. The van der Waals surface area contributed by atoms with Crippen molar-refractivity contribution in [2.24, 2.45) is 0 Å². The summed E-state index contributed by atoms with van der Waals surface area (Å²) in [7, 11) is 0. The Labute approximate surface area is 135 Å². The smallest absolute Gasteiger partial charge is 0.138 e. The van der Waals surface area contributed by atoms with Crippen LogP contribution in [0.1, 0.15) is 37.7 Å². The molecule has 0 fully saturated rings. The van der Waals surface area contributed by atoms with Gasteiger partial charge in [-0.25, -0.2) is 4.98 Å². The predicted octanol–water partition coefficient (Wildman–Crippen LogP) is 3.89. The molecule has 6 heteroatoms. The third-order valence-electron chi connectivity index (χ3n) is 3.31. The Kier molecular flexibility index (Phi) is 6.03. The number of halogens is 2. The molecule has 1 aromatic carbocycles. The van der Waals surface area contributed by atoms with Gasteiger partial charge in [-0.1, -0.05) is 43.1 Å². The molecular weight excluding hydrogens is 307 g/mol.